The van der Waals surface area contributed by atoms with Gasteiger partial charge in [-0.05, 0) is 29.8 Å². The van der Waals surface area contributed by atoms with Crippen LogP contribution in [0.2, 0.25) is 0 Å². The van der Waals surface area contributed by atoms with Crippen molar-refractivity contribution in [3.05, 3.63) is 72.6 Å². The molecular formula is C17H14N6O. The van der Waals surface area contributed by atoms with Crippen molar-refractivity contribution in [1.29, 1.82) is 0 Å². The Bertz CT molecular complexity index is 965. The maximum Gasteiger partial charge on any atom is 0.160 e. The van der Waals surface area contributed by atoms with Crippen molar-refractivity contribution in [2.75, 3.05) is 0 Å². The highest BCUT2D eigenvalue weighted by Gasteiger charge is 2.09. The predicted molar refractivity (Wildman–Crippen MR) is 88.1 cm³/mol. The minimum atomic E-state index is 0.620. The summed E-state index contributed by atoms with van der Waals surface area (Å²) >= 11 is 0. The largest absolute Gasteiger partial charge is 0.412 e. The number of aromatic nitrogens is 5. The van der Waals surface area contributed by atoms with E-state index >= 15 is 0 Å². The molecule has 0 aliphatic heterocycles. The van der Waals surface area contributed by atoms with Crippen molar-refractivity contribution < 1.29 is 4.84 Å². The zero-order valence-corrected chi connectivity index (χ0v) is 12.7. The van der Waals surface area contributed by atoms with E-state index in [0.29, 0.717) is 12.2 Å². The first-order valence-corrected chi connectivity index (χ1v) is 7.39. The standard InChI is InChI=1S/C17H14N6O/c18-24-14-4-1-12(2-5-14)9-17-22-21-16-6-3-13(11-23(16)17)15-10-19-7-8-20-15/h1-8,10-11H,9,18H2. The highest BCUT2D eigenvalue weighted by atomic mass is 16.6. The van der Waals surface area contributed by atoms with Crippen LogP contribution in [-0.2, 0) is 6.42 Å². The Labute approximate surface area is 137 Å². The van der Waals surface area contributed by atoms with E-state index < -0.39 is 0 Å². The van der Waals surface area contributed by atoms with E-state index in [4.69, 9.17) is 10.7 Å². The number of benzene rings is 1. The summed E-state index contributed by atoms with van der Waals surface area (Å²) in [6.07, 6.45) is 7.69. The molecule has 0 unspecified atom stereocenters. The summed E-state index contributed by atoms with van der Waals surface area (Å²) in [5.74, 6) is 6.61. The first-order chi connectivity index (χ1) is 11.8. The summed E-state index contributed by atoms with van der Waals surface area (Å²) < 4.78 is 1.97. The second-order valence-corrected chi connectivity index (χ2v) is 5.29. The van der Waals surface area contributed by atoms with Crippen LogP contribution in [0.5, 0.6) is 5.75 Å². The Balaban J connectivity index is 1.70. The van der Waals surface area contributed by atoms with Crippen LogP contribution in [0.3, 0.4) is 0 Å². The minimum absolute atomic E-state index is 0.620. The monoisotopic (exact) mass is 318 g/mol. The van der Waals surface area contributed by atoms with Crippen molar-refractivity contribution in [3.63, 3.8) is 0 Å². The molecule has 4 rings (SSSR count). The summed E-state index contributed by atoms with van der Waals surface area (Å²) in [5.41, 5.74) is 3.65. The smallest absolute Gasteiger partial charge is 0.160 e. The van der Waals surface area contributed by atoms with Crippen LogP contribution in [0, 0.1) is 0 Å². The molecule has 2 N–H and O–H groups in total. The second kappa shape index (κ2) is 6.05. The molecule has 0 saturated heterocycles. The third-order valence-corrected chi connectivity index (χ3v) is 3.75. The second-order valence-electron chi connectivity index (χ2n) is 5.29. The molecule has 0 spiro atoms. The molecule has 0 radical (unpaired) electrons. The predicted octanol–water partition coefficient (Wildman–Crippen LogP) is 2.03. The molecule has 0 fully saturated rings. The topological polar surface area (TPSA) is 91.2 Å². The quantitative estimate of drug-likeness (QED) is 0.579. The van der Waals surface area contributed by atoms with E-state index in [2.05, 4.69) is 20.2 Å². The summed E-state index contributed by atoms with van der Waals surface area (Å²) in [7, 11) is 0. The first kappa shape index (κ1) is 14.3. The van der Waals surface area contributed by atoms with Crippen molar-refractivity contribution in [2.45, 2.75) is 6.42 Å². The maximum atomic E-state index is 5.14. The van der Waals surface area contributed by atoms with Gasteiger partial charge in [-0.3, -0.25) is 14.4 Å². The lowest BCUT2D eigenvalue weighted by Crippen LogP contribution is -2.02. The van der Waals surface area contributed by atoms with Gasteiger partial charge in [0.15, 0.2) is 5.65 Å². The Morgan fingerprint density at radius 1 is 1.00 bits per heavy atom. The fourth-order valence-electron chi connectivity index (χ4n) is 2.53. The molecule has 3 aromatic heterocycles. The number of hydrogen-bond acceptors (Lipinski definition) is 6. The van der Waals surface area contributed by atoms with Crippen LogP contribution >= 0.6 is 0 Å². The minimum Gasteiger partial charge on any atom is -0.412 e. The lowest BCUT2D eigenvalue weighted by Gasteiger charge is -2.04. The molecule has 3 heterocycles. The molecule has 24 heavy (non-hydrogen) atoms. The molecule has 0 atom stereocenters. The van der Waals surface area contributed by atoms with Crippen LogP contribution in [0.15, 0.2) is 61.2 Å². The van der Waals surface area contributed by atoms with Crippen molar-refractivity contribution >= 4 is 5.65 Å². The third-order valence-electron chi connectivity index (χ3n) is 3.75. The van der Waals surface area contributed by atoms with Gasteiger partial charge in [-0.25, -0.2) is 0 Å². The third kappa shape index (κ3) is 2.68. The fourth-order valence-corrected chi connectivity index (χ4v) is 2.53. The molecule has 4 aromatic rings. The SMILES string of the molecule is NOc1ccc(Cc2nnc3ccc(-c4cnccn4)cn23)cc1. The first-order valence-electron chi connectivity index (χ1n) is 7.39. The van der Waals surface area contributed by atoms with E-state index in [-0.39, 0.29) is 0 Å². The van der Waals surface area contributed by atoms with Crippen molar-refractivity contribution in [1.82, 2.24) is 24.6 Å². The fraction of sp³-hybridized carbons (Fsp3) is 0.0588. The van der Waals surface area contributed by atoms with Crippen molar-refractivity contribution in [3.8, 4) is 17.0 Å². The summed E-state index contributed by atoms with van der Waals surface area (Å²) in [6.45, 7) is 0. The van der Waals surface area contributed by atoms with Gasteiger partial charge < -0.3 is 4.84 Å². The summed E-state index contributed by atoms with van der Waals surface area (Å²) in [4.78, 5) is 13.1. The molecule has 0 aliphatic rings. The highest BCUT2D eigenvalue weighted by Crippen LogP contribution is 2.19. The number of pyridine rings is 1. The molecule has 1 aromatic carbocycles. The van der Waals surface area contributed by atoms with Gasteiger partial charge >= 0.3 is 0 Å². The molecule has 0 aliphatic carbocycles. The van der Waals surface area contributed by atoms with E-state index in [1.165, 1.54) is 0 Å². The van der Waals surface area contributed by atoms with E-state index in [1.807, 2.05) is 47.0 Å². The molecule has 0 saturated carbocycles. The average Bonchev–Trinajstić information content (AvgIpc) is 3.05. The Kier molecular flexibility index (Phi) is 3.60. The molecule has 118 valence electrons. The van der Waals surface area contributed by atoms with Crippen LogP contribution < -0.4 is 10.7 Å². The molecular weight excluding hydrogens is 304 g/mol. The van der Waals surface area contributed by atoms with Crippen LogP contribution in [0.25, 0.3) is 16.9 Å². The Morgan fingerprint density at radius 3 is 2.62 bits per heavy atom. The van der Waals surface area contributed by atoms with Crippen LogP contribution in [0.1, 0.15) is 11.4 Å². The highest BCUT2D eigenvalue weighted by molar-refractivity contribution is 5.59. The lowest BCUT2D eigenvalue weighted by atomic mass is 10.1. The van der Waals surface area contributed by atoms with Crippen molar-refractivity contribution in [2.24, 2.45) is 5.90 Å². The Morgan fingerprint density at radius 2 is 1.88 bits per heavy atom. The lowest BCUT2D eigenvalue weighted by molar-refractivity contribution is 0.334. The van der Waals surface area contributed by atoms with Gasteiger partial charge in [0.25, 0.3) is 0 Å². The number of hydrogen-bond donors (Lipinski definition) is 1. The summed E-state index contributed by atoms with van der Waals surface area (Å²) in [6, 6.07) is 11.4. The van der Waals surface area contributed by atoms with Gasteiger partial charge in [0, 0.05) is 30.6 Å². The Hall–Kier alpha value is -3.32. The molecule has 7 nitrogen and oxygen atoms in total. The van der Waals surface area contributed by atoms with Crippen LogP contribution in [-0.4, -0.2) is 24.6 Å². The number of fused-ring (bicyclic) bond motifs is 1. The molecule has 0 amide bonds. The van der Waals surface area contributed by atoms with Gasteiger partial charge in [0.05, 0.1) is 11.9 Å². The number of rotatable bonds is 4. The van der Waals surface area contributed by atoms with Gasteiger partial charge in [-0.1, -0.05) is 12.1 Å². The number of nitrogens with zero attached hydrogens (tertiary/aromatic N) is 5. The van der Waals surface area contributed by atoms with E-state index in [0.717, 1.165) is 28.3 Å². The van der Waals surface area contributed by atoms with Gasteiger partial charge in [0.1, 0.15) is 11.6 Å². The molecule has 0 bridgehead atoms. The zero-order valence-electron chi connectivity index (χ0n) is 12.7. The van der Waals surface area contributed by atoms with E-state index in [1.54, 1.807) is 18.6 Å². The molecule has 7 heteroatoms. The van der Waals surface area contributed by atoms with E-state index in [9.17, 15) is 0 Å². The van der Waals surface area contributed by atoms with Gasteiger partial charge in [-0.2, -0.15) is 5.90 Å². The normalized spacial score (nSPS) is 10.9. The zero-order chi connectivity index (χ0) is 16.4. The maximum absolute atomic E-state index is 5.14. The van der Waals surface area contributed by atoms with Gasteiger partial charge in [0.2, 0.25) is 0 Å². The van der Waals surface area contributed by atoms with Crippen LogP contribution in [0.4, 0.5) is 0 Å². The number of nitrogens with two attached hydrogens (primary N) is 1. The van der Waals surface area contributed by atoms with Gasteiger partial charge in [-0.15, -0.1) is 10.2 Å². The average molecular weight is 318 g/mol. The summed E-state index contributed by atoms with van der Waals surface area (Å²) in [5, 5.41) is 8.50.